The summed E-state index contributed by atoms with van der Waals surface area (Å²) in [4.78, 5) is 8.37. The highest BCUT2D eigenvalue weighted by Crippen LogP contribution is 2.18. The van der Waals surface area contributed by atoms with Crippen molar-refractivity contribution in [3.8, 4) is 5.75 Å². The second-order valence-corrected chi connectivity index (χ2v) is 5.03. The zero-order chi connectivity index (χ0) is 14.9. The molecule has 0 aliphatic carbocycles. The van der Waals surface area contributed by atoms with Gasteiger partial charge in [-0.05, 0) is 49.6 Å². The van der Waals surface area contributed by atoms with Crippen molar-refractivity contribution in [3.63, 3.8) is 0 Å². The number of aromatic nitrogens is 2. The van der Waals surface area contributed by atoms with E-state index in [1.807, 2.05) is 18.2 Å². The average Bonchev–Trinajstić information content (AvgIpc) is 2.56. The van der Waals surface area contributed by atoms with Crippen molar-refractivity contribution in [2.75, 3.05) is 13.7 Å². The van der Waals surface area contributed by atoms with Crippen molar-refractivity contribution in [1.82, 2.24) is 15.3 Å². The van der Waals surface area contributed by atoms with Crippen molar-refractivity contribution in [3.05, 3.63) is 54.1 Å². The molecule has 0 saturated carbocycles. The number of rotatable bonds is 8. The smallest absolute Gasteiger partial charge is 0.118 e. The number of hydrogen-bond donors (Lipinski definition) is 1. The first kappa shape index (κ1) is 15.4. The number of methoxy groups -OCH3 is 1. The van der Waals surface area contributed by atoms with E-state index < -0.39 is 0 Å². The standard InChI is InChI=1S/C17H23N3O/c1-3-11-19-16(17-10-12-18-13-20-17)9-6-14-4-7-15(21-2)8-5-14/h4-5,7-8,10,12-13,16,19H,3,6,9,11H2,1-2H3. The molecule has 2 aromatic rings. The summed E-state index contributed by atoms with van der Waals surface area (Å²) in [6.07, 6.45) is 6.56. The lowest BCUT2D eigenvalue weighted by Gasteiger charge is -2.17. The Morgan fingerprint density at radius 2 is 2.00 bits per heavy atom. The van der Waals surface area contributed by atoms with E-state index in [4.69, 9.17) is 4.74 Å². The van der Waals surface area contributed by atoms with Crippen molar-refractivity contribution < 1.29 is 4.74 Å². The first-order chi connectivity index (χ1) is 10.3. The summed E-state index contributed by atoms with van der Waals surface area (Å²) in [5.74, 6) is 0.898. The second kappa shape index (κ2) is 8.37. The molecule has 0 bridgehead atoms. The van der Waals surface area contributed by atoms with Crippen LogP contribution in [-0.2, 0) is 6.42 Å². The van der Waals surface area contributed by atoms with Crippen LogP contribution in [0, 0.1) is 0 Å². The molecular formula is C17H23N3O. The van der Waals surface area contributed by atoms with Crippen LogP contribution in [0.1, 0.15) is 37.1 Å². The Kier molecular flexibility index (Phi) is 6.16. The number of ether oxygens (including phenoxy) is 1. The van der Waals surface area contributed by atoms with E-state index in [0.717, 1.165) is 37.3 Å². The number of nitrogens with one attached hydrogen (secondary N) is 1. The van der Waals surface area contributed by atoms with Gasteiger partial charge in [0.15, 0.2) is 0 Å². The summed E-state index contributed by atoms with van der Waals surface area (Å²) in [5.41, 5.74) is 2.38. The lowest BCUT2D eigenvalue weighted by Crippen LogP contribution is -2.23. The fraction of sp³-hybridized carbons (Fsp3) is 0.412. The van der Waals surface area contributed by atoms with Gasteiger partial charge in [-0.3, -0.25) is 0 Å². The van der Waals surface area contributed by atoms with E-state index in [0.29, 0.717) is 0 Å². The third-order valence-corrected chi connectivity index (χ3v) is 3.48. The lowest BCUT2D eigenvalue weighted by atomic mass is 10.0. The van der Waals surface area contributed by atoms with Crippen molar-refractivity contribution in [1.29, 1.82) is 0 Å². The molecule has 0 amide bonds. The summed E-state index contributed by atoms with van der Waals surface area (Å²) >= 11 is 0. The maximum absolute atomic E-state index is 5.19. The summed E-state index contributed by atoms with van der Waals surface area (Å²) in [6.45, 7) is 3.17. The summed E-state index contributed by atoms with van der Waals surface area (Å²) in [7, 11) is 1.69. The molecule has 0 aliphatic heterocycles. The van der Waals surface area contributed by atoms with Gasteiger partial charge in [-0.15, -0.1) is 0 Å². The van der Waals surface area contributed by atoms with Gasteiger partial charge in [-0.1, -0.05) is 19.1 Å². The zero-order valence-electron chi connectivity index (χ0n) is 12.7. The minimum atomic E-state index is 0.273. The Morgan fingerprint density at radius 1 is 1.19 bits per heavy atom. The van der Waals surface area contributed by atoms with Crippen LogP contribution < -0.4 is 10.1 Å². The quantitative estimate of drug-likeness (QED) is 0.809. The van der Waals surface area contributed by atoms with Crippen LogP contribution in [0.2, 0.25) is 0 Å². The molecule has 1 aromatic carbocycles. The Morgan fingerprint density at radius 3 is 2.62 bits per heavy atom. The van der Waals surface area contributed by atoms with Crippen LogP contribution in [0.3, 0.4) is 0 Å². The maximum Gasteiger partial charge on any atom is 0.118 e. The first-order valence-corrected chi connectivity index (χ1v) is 7.45. The van der Waals surface area contributed by atoms with E-state index in [-0.39, 0.29) is 6.04 Å². The molecule has 0 aliphatic rings. The van der Waals surface area contributed by atoms with Crippen LogP contribution in [0.25, 0.3) is 0 Å². The molecule has 1 unspecified atom stereocenters. The van der Waals surface area contributed by atoms with E-state index in [2.05, 4.69) is 34.3 Å². The van der Waals surface area contributed by atoms with Gasteiger partial charge in [0, 0.05) is 12.2 Å². The number of aryl methyl sites for hydroxylation is 1. The van der Waals surface area contributed by atoms with Crippen LogP contribution in [-0.4, -0.2) is 23.6 Å². The number of hydrogen-bond acceptors (Lipinski definition) is 4. The molecule has 1 heterocycles. The highest BCUT2D eigenvalue weighted by Gasteiger charge is 2.11. The molecule has 0 saturated heterocycles. The van der Waals surface area contributed by atoms with Crippen LogP contribution in [0.4, 0.5) is 0 Å². The molecule has 1 N–H and O–H groups in total. The predicted molar refractivity (Wildman–Crippen MR) is 84.4 cm³/mol. The van der Waals surface area contributed by atoms with Gasteiger partial charge in [0.1, 0.15) is 12.1 Å². The molecule has 0 radical (unpaired) electrons. The summed E-state index contributed by atoms with van der Waals surface area (Å²) in [5, 5.41) is 3.56. The highest BCUT2D eigenvalue weighted by molar-refractivity contribution is 5.27. The fourth-order valence-electron chi connectivity index (χ4n) is 2.28. The highest BCUT2D eigenvalue weighted by atomic mass is 16.5. The van der Waals surface area contributed by atoms with Gasteiger partial charge in [-0.25, -0.2) is 9.97 Å². The topological polar surface area (TPSA) is 47.0 Å². The third-order valence-electron chi connectivity index (χ3n) is 3.48. The monoisotopic (exact) mass is 285 g/mol. The third kappa shape index (κ3) is 4.83. The zero-order valence-corrected chi connectivity index (χ0v) is 12.7. The Hall–Kier alpha value is -1.94. The number of nitrogens with zero attached hydrogens (tertiary/aromatic N) is 2. The molecule has 2 rings (SSSR count). The SMILES string of the molecule is CCCNC(CCc1ccc(OC)cc1)c1ccncn1. The lowest BCUT2D eigenvalue weighted by molar-refractivity contribution is 0.414. The van der Waals surface area contributed by atoms with Crippen LogP contribution in [0.5, 0.6) is 5.75 Å². The molecule has 21 heavy (non-hydrogen) atoms. The predicted octanol–water partition coefficient (Wildman–Crippen LogP) is 3.16. The van der Waals surface area contributed by atoms with Crippen molar-refractivity contribution in [2.24, 2.45) is 0 Å². The molecule has 0 fully saturated rings. The van der Waals surface area contributed by atoms with Gasteiger partial charge in [-0.2, -0.15) is 0 Å². The van der Waals surface area contributed by atoms with E-state index in [1.165, 1.54) is 5.56 Å². The molecule has 1 atom stereocenters. The van der Waals surface area contributed by atoms with Crippen LogP contribution >= 0.6 is 0 Å². The average molecular weight is 285 g/mol. The Labute approximate surface area is 126 Å². The molecule has 112 valence electrons. The molecule has 4 heteroatoms. The Balaban J connectivity index is 1.97. The minimum Gasteiger partial charge on any atom is -0.497 e. The van der Waals surface area contributed by atoms with Gasteiger partial charge in [0.25, 0.3) is 0 Å². The second-order valence-electron chi connectivity index (χ2n) is 5.03. The van der Waals surface area contributed by atoms with E-state index in [9.17, 15) is 0 Å². The maximum atomic E-state index is 5.19. The van der Waals surface area contributed by atoms with Crippen molar-refractivity contribution >= 4 is 0 Å². The van der Waals surface area contributed by atoms with Crippen molar-refractivity contribution in [2.45, 2.75) is 32.2 Å². The van der Waals surface area contributed by atoms with Crippen LogP contribution in [0.15, 0.2) is 42.9 Å². The van der Waals surface area contributed by atoms with Gasteiger partial charge >= 0.3 is 0 Å². The fourth-order valence-corrected chi connectivity index (χ4v) is 2.28. The van der Waals surface area contributed by atoms with Gasteiger partial charge in [0.2, 0.25) is 0 Å². The van der Waals surface area contributed by atoms with E-state index in [1.54, 1.807) is 19.6 Å². The summed E-state index contributed by atoms with van der Waals surface area (Å²) in [6, 6.07) is 10.5. The van der Waals surface area contributed by atoms with Gasteiger partial charge < -0.3 is 10.1 Å². The molecular weight excluding hydrogens is 262 g/mol. The number of benzene rings is 1. The van der Waals surface area contributed by atoms with E-state index >= 15 is 0 Å². The Bertz CT molecular complexity index is 513. The largest absolute Gasteiger partial charge is 0.497 e. The molecule has 0 spiro atoms. The first-order valence-electron chi connectivity index (χ1n) is 7.45. The normalized spacial score (nSPS) is 12.1. The summed E-state index contributed by atoms with van der Waals surface area (Å²) < 4.78 is 5.19. The molecule has 4 nitrogen and oxygen atoms in total. The molecule has 1 aromatic heterocycles. The van der Waals surface area contributed by atoms with Gasteiger partial charge in [0.05, 0.1) is 12.8 Å². The minimum absolute atomic E-state index is 0.273.